The highest BCUT2D eigenvalue weighted by Gasteiger charge is 2.42. The number of carboxylic acid groups (broad SMARTS) is 2. The Bertz CT molecular complexity index is 306. The van der Waals surface area contributed by atoms with Crippen molar-refractivity contribution in [2.24, 2.45) is 0 Å². The summed E-state index contributed by atoms with van der Waals surface area (Å²) < 4.78 is 0. The molecule has 0 saturated heterocycles. The molecule has 90 valence electrons. The largest absolute Gasteiger partial charge is 0.481 e. The zero-order valence-electron chi connectivity index (χ0n) is 8.86. The van der Waals surface area contributed by atoms with Gasteiger partial charge in [0.05, 0.1) is 6.42 Å². The van der Waals surface area contributed by atoms with Crippen LogP contribution in [-0.4, -0.2) is 33.6 Å². The van der Waals surface area contributed by atoms with Gasteiger partial charge in [-0.15, -0.1) is 0 Å². The molecule has 1 amide bonds. The molecule has 0 radical (unpaired) electrons. The number of hydrogen-bond acceptors (Lipinski definition) is 3. The molecule has 6 nitrogen and oxygen atoms in total. The quantitative estimate of drug-likeness (QED) is 0.631. The molecule has 16 heavy (non-hydrogen) atoms. The Hall–Kier alpha value is -1.59. The normalized spacial score (nSPS) is 18.0. The lowest BCUT2D eigenvalue weighted by Crippen LogP contribution is -2.52. The van der Waals surface area contributed by atoms with Crippen LogP contribution in [0.3, 0.4) is 0 Å². The summed E-state index contributed by atoms with van der Waals surface area (Å²) in [6, 6.07) is 0. The van der Waals surface area contributed by atoms with Crippen LogP contribution in [0.1, 0.15) is 38.5 Å². The highest BCUT2D eigenvalue weighted by Crippen LogP contribution is 2.29. The van der Waals surface area contributed by atoms with Crippen LogP contribution in [0.2, 0.25) is 0 Å². The maximum Gasteiger partial charge on any atom is 0.329 e. The Morgan fingerprint density at radius 3 is 2.06 bits per heavy atom. The zero-order valence-corrected chi connectivity index (χ0v) is 8.86. The molecule has 0 aliphatic heterocycles. The zero-order chi connectivity index (χ0) is 12.2. The van der Waals surface area contributed by atoms with Crippen molar-refractivity contribution in [3.63, 3.8) is 0 Å². The van der Waals surface area contributed by atoms with Crippen molar-refractivity contribution in [2.45, 2.75) is 44.1 Å². The Morgan fingerprint density at radius 2 is 1.62 bits per heavy atom. The monoisotopic (exact) mass is 229 g/mol. The number of carbonyl (C=O) groups excluding carboxylic acids is 1. The second kappa shape index (κ2) is 4.96. The predicted octanol–water partition coefficient (Wildman–Crippen LogP) is 0.365. The third kappa shape index (κ3) is 2.95. The molecule has 1 rings (SSSR count). The average Bonchev–Trinajstić information content (AvgIpc) is 2.64. The van der Waals surface area contributed by atoms with Gasteiger partial charge in [-0.2, -0.15) is 0 Å². The van der Waals surface area contributed by atoms with Gasteiger partial charge in [-0.05, 0) is 12.8 Å². The summed E-state index contributed by atoms with van der Waals surface area (Å²) in [5.41, 5.74) is -1.17. The third-order valence-corrected chi connectivity index (χ3v) is 2.81. The van der Waals surface area contributed by atoms with Crippen molar-refractivity contribution in [1.82, 2.24) is 5.32 Å². The topological polar surface area (TPSA) is 104 Å². The predicted molar refractivity (Wildman–Crippen MR) is 53.8 cm³/mol. The van der Waals surface area contributed by atoms with Gasteiger partial charge >= 0.3 is 11.9 Å². The number of aliphatic carboxylic acids is 2. The number of hydrogen-bond donors (Lipinski definition) is 3. The fraction of sp³-hybridized carbons (Fsp3) is 0.700. The first kappa shape index (κ1) is 12.5. The van der Waals surface area contributed by atoms with Crippen molar-refractivity contribution >= 4 is 17.8 Å². The van der Waals surface area contributed by atoms with Crippen LogP contribution in [0.5, 0.6) is 0 Å². The molecule has 0 aromatic rings. The van der Waals surface area contributed by atoms with Gasteiger partial charge in [0.25, 0.3) is 0 Å². The van der Waals surface area contributed by atoms with E-state index in [9.17, 15) is 14.4 Å². The second-order valence-electron chi connectivity index (χ2n) is 4.04. The molecular weight excluding hydrogens is 214 g/mol. The summed E-state index contributed by atoms with van der Waals surface area (Å²) in [5, 5.41) is 19.9. The van der Waals surface area contributed by atoms with Gasteiger partial charge in [-0.1, -0.05) is 12.8 Å². The summed E-state index contributed by atoms with van der Waals surface area (Å²) in [5.74, 6) is -2.61. The molecule has 0 unspecified atom stereocenters. The summed E-state index contributed by atoms with van der Waals surface area (Å²) in [6.45, 7) is 0. The molecule has 1 aliphatic rings. The molecule has 1 fully saturated rings. The van der Waals surface area contributed by atoms with Crippen LogP contribution in [0.25, 0.3) is 0 Å². The fourth-order valence-electron chi connectivity index (χ4n) is 1.92. The summed E-state index contributed by atoms with van der Waals surface area (Å²) in [6.07, 6.45) is 1.92. The summed E-state index contributed by atoms with van der Waals surface area (Å²) >= 11 is 0. The highest BCUT2D eigenvalue weighted by atomic mass is 16.4. The van der Waals surface area contributed by atoms with Gasteiger partial charge in [0.15, 0.2) is 0 Å². The first-order chi connectivity index (χ1) is 7.46. The molecule has 0 bridgehead atoms. The van der Waals surface area contributed by atoms with Gasteiger partial charge in [0.1, 0.15) is 5.54 Å². The number of carbonyl (C=O) groups is 3. The van der Waals surface area contributed by atoms with Gasteiger partial charge in [0.2, 0.25) is 5.91 Å². The minimum absolute atomic E-state index is 0.176. The summed E-state index contributed by atoms with van der Waals surface area (Å²) in [4.78, 5) is 32.7. The molecular formula is C10H15NO5. The van der Waals surface area contributed by atoms with Crippen LogP contribution in [0, 0.1) is 0 Å². The van der Waals surface area contributed by atoms with Gasteiger partial charge in [-0.3, -0.25) is 9.59 Å². The van der Waals surface area contributed by atoms with Crippen LogP contribution < -0.4 is 5.32 Å². The van der Waals surface area contributed by atoms with E-state index in [1.54, 1.807) is 0 Å². The fourth-order valence-corrected chi connectivity index (χ4v) is 1.92. The Morgan fingerprint density at radius 1 is 1.06 bits per heavy atom. The number of carboxylic acids is 2. The minimum Gasteiger partial charge on any atom is -0.481 e. The Balaban J connectivity index is 2.52. The summed E-state index contributed by atoms with van der Waals surface area (Å²) in [7, 11) is 0. The van der Waals surface area contributed by atoms with Gasteiger partial charge < -0.3 is 15.5 Å². The van der Waals surface area contributed by atoms with E-state index in [4.69, 9.17) is 10.2 Å². The van der Waals surface area contributed by atoms with Crippen molar-refractivity contribution in [1.29, 1.82) is 0 Å². The Labute approximate surface area is 92.6 Å². The molecule has 6 heteroatoms. The first-order valence-corrected chi connectivity index (χ1v) is 5.22. The molecule has 3 N–H and O–H groups in total. The van der Waals surface area contributed by atoms with Crippen molar-refractivity contribution < 1.29 is 24.6 Å². The number of nitrogens with one attached hydrogen (secondary N) is 1. The average molecular weight is 229 g/mol. The molecule has 0 aromatic carbocycles. The first-order valence-electron chi connectivity index (χ1n) is 5.22. The van der Waals surface area contributed by atoms with Crippen LogP contribution in [0.15, 0.2) is 0 Å². The highest BCUT2D eigenvalue weighted by molar-refractivity contribution is 5.88. The Kier molecular flexibility index (Phi) is 3.87. The van der Waals surface area contributed by atoms with E-state index in [2.05, 4.69) is 5.32 Å². The molecule has 0 aromatic heterocycles. The maximum atomic E-state index is 11.4. The van der Waals surface area contributed by atoms with E-state index in [0.717, 1.165) is 12.8 Å². The second-order valence-corrected chi connectivity index (χ2v) is 4.04. The lowest BCUT2D eigenvalue weighted by Gasteiger charge is -2.25. The molecule has 1 aliphatic carbocycles. The van der Waals surface area contributed by atoms with E-state index in [-0.39, 0.29) is 12.8 Å². The molecule has 0 spiro atoms. The SMILES string of the molecule is O=C(O)CCC(=O)NC1(C(=O)O)CCCC1. The van der Waals surface area contributed by atoms with E-state index >= 15 is 0 Å². The van der Waals surface area contributed by atoms with Gasteiger partial charge in [-0.25, -0.2) is 4.79 Å². The molecule has 1 saturated carbocycles. The van der Waals surface area contributed by atoms with E-state index in [0.29, 0.717) is 12.8 Å². The maximum absolute atomic E-state index is 11.4. The van der Waals surface area contributed by atoms with E-state index in [1.807, 2.05) is 0 Å². The van der Waals surface area contributed by atoms with E-state index < -0.39 is 23.4 Å². The molecule has 0 atom stereocenters. The lowest BCUT2D eigenvalue weighted by molar-refractivity contribution is -0.147. The van der Waals surface area contributed by atoms with Crippen molar-refractivity contribution in [3.05, 3.63) is 0 Å². The van der Waals surface area contributed by atoms with Crippen molar-refractivity contribution in [3.8, 4) is 0 Å². The number of amides is 1. The van der Waals surface area contributed by atoms with Crippen molar-refractivity contribution in [2.75, 3.05) is 0 Å². The smallest absolute Gasteiger partial charge is 0.329 e. The minimum atomic E-state index is -1.17. The number of rotatable bonds is 5. The van der Waals surface area contributed by atoms with Gasteiger partial charge in [0, 0.05) is 6.42 Å². The van der Waals surface area contributed by atoms with E-state index in [1.165, 1.54) is 0 Å². The van der Waals surface area contributed by atoms with Crippen LogP contribution >= 0.6 is 0 Å². The van der Waals surface area contributed by atoms with Crippen LogP contribution in [-0.2, 0) is 14.4 Å². The lowest BCUT2D eigenvalue weighted by atomic mass is 9.97. The van der Waals surface area contributed by atoms with Crippen LogP contribution in [0.4, 0.5) is 0 Å². The molecule has 0 heterocycles. The standard InChI is InChI=1S/C10H15NO5/c12-7(3-4-8(13)14)11-10(9(15)16)5-1-2-6-10/h1-6H2,(H,11,12)(H,13,14)(H,15,16). The third-order valence-electron chi connectivity index (χ3n) is 2.81.